The second-order valence-corrected chi connectivity index (χ2v) is 8.86. The van der Waals surface area contributed by atoms with E-state index in [0.29, 0.717) is 0 Å². The van der Waals surface area contributed by atoms with E-state index in [0.717, 1.165) is 5.56 Å². The summed E-state index contributed by atoms with van der Waals surface area (Å²) in [7, 11) is 0. The maximum atomic E-state index is 4.48. The molecule has 1 heterocycles. The third-order valence-corrected chi connectivity index (χ3v) is 6.98. The van der Waals surface area contributed by atoms with Crippen molar-refractivity contribution in [2.24, 2.45) is 4.99 Å². The van der Waals surface area contributed by atoms with Gasteiger partial charge in [0.25, 0.3) is 0 Å². The van der Waals surface area contributed by atoms with Gasteiger partial charge in [0.1, 0.15) is 6.17 Å². The van der Waals surface area contributed by atoms with Crippen molar-refractivity contribution in [1.82, 2.24) is 5.32 Å². The SMILES string of the molecule is C1=CNC(c2ccc(-c3ccc(-c4ccc5c6c(cccc46)-c4ccccc4-5)cc3)cc2)N=C1. The Morgan fingerprint density at radius 1 is 0.529 bits per heavy atom. The van der Waals surface area contributed by atoms with Crippen LogP contribution in [0.1, 0.15) is 11.7 Å². The predicted molar refractivity (Wildman–Crippen MR) is 143 cm³/mol. The molecule has 5 aromatic carbocycles. The smallest absolute Gasteiger partial charge is 0.144 e. The Bertz CT molecular complexity index is 1580. The first kappa shape index (κ1) is 19.1. The largest absolute Gasteiger partial charge is 0.366 e. The molecule has 5 aromatic rings. The molecule has 1 aliphatic heterocycles. The second-order valence-electron chi connectivity index (χ2n) is 8.86. The normalized spacial score (nSPS) is 15.4. The number of allylic oxidation sites excluding steroid dienone is 1. The van der Waals surface area contributed by atoms with E-state index in [2.05, 4.69) is 113 Å². The predicted octanol–water partition coefficient (Wildman–Crippen LogP) is 8.01. The molecule has 0 saturated carbocycles. The van der Waals surface area contributed by atoms with Crippen LogP contribution in [0.2, 0.25) is 0 Å². The van der Waals surface area contributed by atoms with Crippen molar-refractivity contribution in [2.75, 3.05) is 0 Å². The summed E-state index contributed by atoms with van der Waals surface area (Å²) < 4.78 is 0. The van der Waals surface area contributed by atoms with E-state index in [1.54, 1.807) is 0 Å². The van der Waals surface area contributed by atoms with E-state index in [1.807, 2.05) is 18.5 Å². The van der Waals surface area contributed by atoms with E-state index in [1.165, 1.54) is 55.3 Å². The summed E-state index contributed by atoms with van der Waals surface area (Å²) in [6, 6.07) is 37.6. The molecule has 0 radical (unpaired) electrons. The van der Waals surface area contributed by atoms with Crippen LogP contribution in [0.25, 0.3) is 55.3 Å². The van der Waals surface area contributed by atoms with Gasteiger partial charge in [-0.1, -0.05) is 103 Å². The number of aliphatic imine (C=N–C) groups is 1. The zero-order chi connectivity index (χ0) is 22.5. The van der Waals surface area contributed by atoms with Crippen LogP contribution in [-0.2, 0) is 0 Å². The van der Waals surface area contributed by atoms with Gasteiger partial charge in [-0.3, -0.25) is 4.99 Å². The minimum Gasteiger partial charge on any atom is -0.366 e. The monoisotopic (exact) mass is 434 g/mol. The highest BCUT2D eigenvalue weighted by molar-refractivity contribution is 6.18. The van der Waals surface area contributed by atoms with Gasteiger partial charge in [-0.25, -0.2) is 0 Å². The third kappa shape index (κ3) is 2.93. The van der Waals surface area contributed by atoms with Gasteiger partial charge in [0, 0.05) is 6.21 Å². The lowest BCUT2D eigenvalue weighted by atomic mass is 9.93. The molecule has 0 amide bonds. The molecule has 2 nitrogen and oxygen atoms in total. The average molecular weight is 435 g/mol. The molecular formula is C32H22N2. The van der Waals surface area contributed by atoms with Gasteiger partial charge in [-0.05, 0) is 73.1 Å². The number of hydrogen-bond acceptors (Lipinski definition) is 2. The Morgan fingerprint density at radius 2 is 1.15 bits per heavy atom. The summed E-state index contributed by atoms with van der Waals surface area (Å²) in [4.78, 5) is 4.48. The number of hydrogen-bond donors (Lipinski definition) is 1. The van der Waals surface area contributed by atoms with Crippen molar-refractivity contribution in [3.8, 4) is 44.5 Å². The topological polar surface area (TPSA) is 24.4 Å². The molecule has 1 N–H and O–H groups in total. The number of rotatable bonds is 3. The standard InChI is InChI=1S/C32H22N2/c1-2-6-27-26(5-1)29-8-3-7-28-25(17-18-30(27)31(28)29)23-13-9-21(10-14-23)22-11-15-24(16-12-22)32-33-19-4-20-34-32/h1-20,32-33H. The minimum atomic E-state index is -0.00338. The second kappa shape index (κ2) is 7.57. The molecule has 1 atom stereocenters. The summed E-state index contributed by atoms with van der Waals surface area (Å²) in [5.41, 5.74) is 11.5. The van der Waals surface area contributed by atoms with Crippen molar-refractivity contribution < 1.29 is 0 Å². The van der Waals surface area contributed by atoms with Gasteiger partial charge in [0.15, 0.2) is 0 Å². The van der Waals surface area contributed by atoms with E-state index in [9.17, 15) is 0 Å². The van der Waals surface area contributed by atoms with Crippen LogP contribution in [0.4, 0.5) is 0 Å². The number of fused-ring (bicyclic) bond motifs is 3. The Hall–Kier alpha value is -4.43. The minimum absolute atomic E-state index is 0.00338. The van der Waals surface area contributed by atoms with E-state index >= 15 is 0 Å². The molecular weight excluding hydrogens is 412 g/mol. The van der Waals surface area contributed by atoms with Crippen LogP contribution in [0.15, 0.2) is 120 Å². The summed E-state index contributed by atoms with van der Waals surface area (Å²) in [5, 5.41) is 5.96. The lowest BCUT2D eigenvalue weighted by Crippen LogP contribution is -2.15. The lowest BCUT2D eigenvalue weighted by Gasteiger charge is -2.16. The van der Waals surface area contributed by atoms with Crippen LogP contribution in [-0.4, -0.2) is 6.21 Å². The first-order valence-electron chi connectivity index (χ1n) is 11.7. The molecule has 0 fully saturated rings. The maximum absolute atomic E-state index is 4.48. The fourth-order valence-electron chi connectivity index (χ4n) is 5.31. The highest BCUT2D eigenvalue weighted by atomic mass is 15.1. The highest BCUT2D eigenvalue weighted by Crippen LogP contribution is 2.49. The Balaban J connectivity index is 1.24. The summed E-state index contributed by atoms with van der Waals surface area (Å²) in [6.45, 7) is 0. The molecule has 0 spiro atoms. The fraction of sp³-hybridized carbons (Fsp3) is 0.0312. The van der Waals surface area contributed by atoms with Crippen LogP contribution >= 0.6 is 0 Å². The third-order valence-electron chi connectivity index (χ3n) is 6.98. The van der Waals surface area contributed by atoms with Crippen molar-refractivity contribution in [2.45, 2.75) is 6.17 Å². The Kier molecular flexibility index (Phi) is 4.25. The first-order chi connectivity index (χ1) is 16.9. The van der Waals surface area contributed by atoms with E-state index in [-0.39, 0.29) is 6.17 Å². The summed E-state index contributed by atoms with van der Waals surface area (Å²) in [6.07, 6.45) is 5.68. The lowest BCUT2D eigenvalue weighted by molar-refractivity contribution is 0.653. The molecule has 7 rings (SSSR count). The molecule has 160 valence electrons. The van der Waals surface area contributed by atoms with Crippen molar-refractivity contribution in [1.29, 1.82) is 0 Å². The van der Waals surface area contributed by atoms with Crippen molar-refractivity contribution in [3.63, 3.8) is 0 Å². The number of benzene rings is 5. The maximum Gasteiger partial charge on any atom is 0.144 e. The molecule has 2 aliphatic rings. The first-order valence-corrected chi connectivity index (χ1v) is 11.7. The summed E-state index contributed by atoms with van der Waals surface area (Å²) >= 11 is 0. The van der Waals surface area contributed by atoms with Gasteiger partial charge >= 0.3 is 0 Å². The fourth-order valence-corrected chi connectivity index (χ4v) is 5.31. The quantitative estimate of drug-likeness (QED) is 0.300. The molecule has 0 bridgehead atoms. The van der Waals surface area contributed by atoms with Crippen molar-refractivity contribution >= 4 is 17.0 Å². The van der Waals surface area contributed by atoms with E-state index in [4.69, 9.17) is 0 Å². The number of nitrogens with one attached hydrogen (secondary N) is 1. The molecule has 1 unspecified atom stereocenters. The zero-order valence-corrected chi connectivity index (χ0v) is 18.6. The van der Waals surface area contributed by atoms with Gasteiger partial charge in [0.05, 0.1) is 0 Å². The van der Waals surface area contributed by atoms with Crippen molar-refractivity contribution in [3.05, 3.63) is 121 Å². The van der Waals surface area contributed by atoms with E-state index < -0.39 is 0 Å². The van der Waals surface area contributed by atoms with Crippen LogP contribution in [0, 0.1) is 0 Å². The van der Waals surface area contributed by atoms with Gasteiger partial charge < -0.3 is 5.32 Å². The number of nitrogens with zero attached hydrogens (tertiary/aromatic N) is 1. The van der Waals surface area contributed by atoms with Crippen LogP contribution in [0.3, 0.4) is 0 Å². The average Bonchev–Trinajstić information content (AvgIpc) is 3.25. The molecule has 0 saturated heterocycles. The molecule has 34 heavy (non-hydrogen) atoms. The summed E-state index contributed by atoms with van der Waals surface area (Å²) in [5.74, 6) is 0. The zero-order valence-electron chi connectivity index (χ0n) is 18.6. The Morgan fingerprint density at radius 3 is 1.85 bits per heavy atom. The molecule has 1 aliphatic carbocycles. The molecule has 2 heteroatoms. The van der Waals surface area contributed by atoms with Gasteiger partial charge in [0.2, 0.25) is 0 Å². The molecule has 0 aromatic heterocycles. The highest BCUT2D eigenvalue weighted by Gasteiger charge is 2.22. The van der Waals surface area contributed by atoms with Crippen LogP contribution < -0.4 is 5.32 Å². The van der Waals surface area contributed by atoms with Gasteiger partial charge in [-0.2, -0.15) is 0 Å². The Labute approximate surface area is 198 Å². The van der Waals surface area contributed by atoms with Gasteiger partial charge in [-0.15, -0.1) is 0 Å². The van der Waals surface area contributed by atoms with Crippen LogP contribution in [0.5, 0.6) is 0 Å².